The Bertz CT molecular complexity index is 736. The number of carbonyl (C=O) groups excluding carboxylic acids is 1. The van der Waals surface area contributed by atoms with Crippen LogP contribution in [0.2, 0.25) is 0 Å². The summed E-state index contributed by atoms with van der Waals surface area (Å²) >= 11 is 0. The lowest BCUT2D eigenvalue weighted by Crippen LogP contribution is -1.99. The van der Waals surface area contributed by atoms with Crippen molar-refractivity contribution < 1.29 is 14.6 Å². The second-order valence-electron chi connectivity index (χ2n) is 4.61. The van der Waals surface area contributed by atoms with Crippen molar-refractivity contribution in [3.8, 4) is 11.1 Å². The van der Waals surface area contributed by atoms with Crippen LogP contribution in [0, 0.1) is 10.1 Å². The maximum absolute atomic E-state index is 11.1. The van der Waals surface area contributed by atoms with Gasteiger partial charge in [0.1, 0.15) is 0 Å². The number of para-hydroxylation sites is 1. The molecule has 2 aromatic rings. The molecule has 0 radical (unpaired) electrons. The molecule has 0 aliphatic carbocycles. The highest BCUT2D eigenvalue weighted by molar-refractivity contribution is 5.99. The van der Waals surface area contributed by atoms with Crippen molar-refractivity contribution in [1.82, 2.24) is 0 Å². The van der Waals surface area contributed by atoms with E-state index in [9.17, 15) is 14.9 Å². The molecular formula is C16H14N2O4. The Morgan fingerprint density at radius 2 is 1.73 bits per heavy atom. The Hall–Kier alpha value is -3.02. The second kappa shape index (κ2) is 6.62. The summed E-state index contributed by atoms with van der Waals surface area (Å²) in [6.45, 7) is 2.98. The third kappa shape index (κ3) is 3.54. The third-order valence-corrected chi connectivity index (χ3v) is 3.03. The molecule has 0 unspecified atom stereocenters. The Labute approximate surface area is 127 Å². The summed E-state index contributed by atoms with van der Waals surface area (Å²) in [5, 5.41) is 14.8. The van der Waals surface area contributed by atoms with Crippen molar-refractivity contribution in [1.29, 1.82) is 0 Å². The van der Waals surface area contributed by atoms with Gasteiger partial charge in [-0.25, -0.2) is 4.79 Å². The summed E-state index contributed by atoms with van der Waals surface area (Å²) in [7, 11) is 0. The number of oxime groups is 1. The molecule has 6 nitrogen and oxygen atoms in total. The highest BCUT2D eigenvalue weighted by atomic mass is 16.7. The van der Waals surface area contributed by atoms with Crippen molar-refractivity contribution in [3.63, 3.8) is 0 Å². The van der Waals surface area contributed by atoms with E-state index in [0.717, 1.165) is 11.1 Å². The van der Waals surface area contributed by atoms with Crippen molar-refractivity contribution in [2.75, 3.05) is 0 Å². The first kappa shape index (κ1) is 15.4. The van der Waals surface area contributed by atoms with Gasteiger partial charge >= 0.3 is 5.97 Å². The molecular weight excluding hydrogens is 284 g/mol. The van der Waals surface area contributed by atoms with E-state index in [-0.39, 0.29) is 5.69 Å². The molecule has 0 saturated carbocycles. The van der Waals surface area contributed by atoms with Crippen LogP contribution in [0.5, 0.6) is 0 Å². The monoisotopic (exact) mass is 298 g/mol. The first-order valence-electron chi connectivity index (χ1n) is 6.55. The molecule has 0 N–H and O–H groups in total. The smallest absolute Gasteiger partial charge is 0.318 e. The van der Waals surface area contributed by atoms with E-state index in [0.29, 0.717) is 11.3 Å². The molecule has 0 saturated heterocycles. The lowest BCUT2D eigenvalue weighted by Gasteiger charge is -2.05. The first-order valence-corrected chi connectivity index (χ1v) is 6.55. The maximum Gasteiger partial charge on any atom is 0.331 e. The molecule has 0 heterocycles. The molecule has 2 rings (SSSR count). The quantitative estimate of drug-likeness (QED) is 0.374. The van der Waals surface area contributed by atoms with Crippen LogP contribution >= 0.6 is 0 Å². The Morgan fingerprint density at radius 1 is 1.09 bits per heavy atom. The molecule has 2 aromatic carbocycles. The van der Waals surface area contributed by atoms with Crippen molar-refractivity contribution in [2.45, 2.75) is 13.8 Å². The van der Waals surface area contributed by atoms with Gasteiger partial charge in [-0.3, -0.25) is 10.1 Å². The normalized spacial score (nSPS) is 11.1. The van der Waals surface area contributed by atoms with Gasteiger partial charge in [0.15, 0.2) is 0 Å². The predicted octanol–water partition coefficient (Wildman–Crippen LogP) is 3.55. The van der Waals surface area contributed by atoms with Gasteiger partial charge in [0.2, 0.25) is 0 Å². The van der Waals surface area contributed by atoms with Gasteiger partial charge in [-0.1, -0.05) is 41.6 Å². The number of benzene rings is 2. The summed E-state index contributed by atoms with van der Waals surface area (Å²) in [5.74, 6) is -0.490. The minimum absolute atomic E-state index is 0.0561. The lowest BCUT2D eigenvalue weighted by molar-refractivity contribution is -0.384. The lowest BCUT2D eigenvalue weighted by atomic mass is 10.0. The van der Waals surface area contributed by atoms with E-state index in [1.165, 1.54) is 13.0 Å². The molecule has 0 aliphatic rings. The van der Waals surface area contributed by atoms with Gasteiger partial charge in [0.25, 0.3) is 5.69 Å². The number of rotatable bonds is 4. The van der Waals surface area contributed by atoms with E-state index in [1.807, 2.05) is 0 Å². The van der Waals surface area contributed by atoms with E-state index in [2.05, 4.69) is 9.99 Å². The highest BCUT2D eigenvalue weighted by Crippen LogP contribution is 2.29. The minimum atomic E-state index is -0.490. The van der Waals surface area contributed by atoms with Crippen LogP contribution in [-0.4, -0.2) is 16.6 Å². The van der Waals surface area contributed by atoms with Gasteiger partial charge in [-0.2, -0.15) is 0 Å². The van der Waals surface area contributed by atoms with Crippen molar-refractivity contribution in [3.05, 3.63) is 64.2 Å². The van der Waals surface area contributed by atoms with Crippen LogP contribution in [0.25, 0.3) is 11.1 Å². The van der Waals surface area contributed by atoms with Gasteiger partial charge in [0.05, 0.1) is 16.2 Å². The number of carbonyl (C=O) groups is 1. The minimum Gasteiger partial charge on any atom is -0.318 e. The zero-order chi connectivity index (χ0) is 16.1. The highest BCUT2D eigenvalue weighted by Gasteiger charge is 2.13. The molecule has 0 amide bonds. The zero-order valence-electron chi connectivity index (χ0n) is 12.1. The predicted molar refractivity (Wildman–Crippen MR) is 82.5 cm³/mol. The van der Waals surface area contributed by atoms with Crippen LogP contribution < -0.4 is 0 Å². The number of nitrogens with zero attached hydrogens (tertiary/aromatic N) is 2. The summed E-state index contributed by atoms with van der Waals surface area (Å²) < 4.78 is 0. The molecule has 0 bridgehead atoms. The van der Waals surface area contributed by atoms with Gasteiger partial charge in [-0.15, -0.1) is 0 Å². The standard InChI is InChI=1S/C16H14N2O4/c1-11(17-22-12(2)19)13-7-9-14(10-8-13)15-5-3-4-6-16(15)18(20)21/h3-10H,1-2H3/b17-11+. The number of nitro groups is 1. The molecule has 0 spiro atoms. The molecule has 0 fully saturated rings. The second-order valence-corrected chi connectivity index (χ2v) is 4.61. The van der Waals surface area contributed by atoms with Crippen LogP contribution in [0.3, 0.4) is 0 Å². The van der Waals surface area contributed by atoms with Crippen LogP contribution in [-0.2, 0) is 9.63 Å². The zero-order valence-corrected chi connectivity index (χ0v) is 12.1. The van der Waals surface area contributed by atoms with Crippen LogP contribution in [0.4, 0.5) is 5.69 Å². The van der Waals surface area contributed by atoms with Crippen molar-refractivity contribution >= 4 is 17.4 Å². The average Bonchev–Trinajstić information content (AvgIpc) is 2.52. The molecule has 112 valence electrons. The van der Waals surface area contributed by atoms with Gasteiger partial charge in [-0.05, 0) is 24.1 Å². The Morgan fingerprint density at radius 3 is 2.32 bits per heavy atom. The number of hydrogen-bond donors (Lipinski definition) is 0. The Kier molecular flexibility index (Phi) is 4.63. The third-order valence-electron chi connectivity index (χ3n) is 3.03. The SMILES string of the molecule is CC(=O)O/N=C(\C)c1ccc(-c2ccccc2[N+](=O)[O-])cc1. The van der Waals surface area contributed by atoms with Crippen LogP contribution in [0.1, 0.15) is 19.4 Å². The Balaban J connectivity index is 2.32. The molecule has 22 heavy (non-hydrogen) atoms. The van der Waals surface area contributed by atoms with Gasteiger partial charge < -0.3 is 4.84 Å². The first-order chi connectivity index (χ1) is 10.5. The largest absolute Gasteiger partial charge is 0.331 e. The van der Waals surface area contributed by atoms with E-state index in [1.54, 1.807) is 49.4 Å². The maximum atomic E-state index is 11.1. The van der Waals surface area contributed by atoms with E-state index in [4.69, 9.17) is 0 Å². The fourth-order valence-electron chi connectivity index (χ4n) is 1.95. The number of nitro benzene ring substituents is 1. The summed E-state index contributed by atoms with van der Waals surface area (Å²) in [6, 6.07) is 13.6. The molecule has 0 atom stereocenters. The van der Waals surface area contributed by atoms with Gasteiger partial charge in [0, 0.05) is 13.0 Å². The molecule has 0 aromatic heterocycles. The van der Waals surface area contributed by atoms with E-state index < -0.39 is 10.9 Å². The summed E-state index contributed by atoms with van der Waals surface area (Å²) in [6.07, 6.45) is 0. The fraction of sp³-hybridized carbons (Fsp3) is 0.125. The topological polar surface area (TPSA) is 81.8 Å². The molecule has 6 heteroatoms. The summed E-state index contributed by atoms with van der Waals surface area (Å²) in [5.41, 5.74) is 2.65. The molecule has 0 aliphatic heterocycles. The van der Waals surface area contributed by atoms with Crippen LogP contribution in [0.15, 0.2) is 53.7 Å². The fourth-order valence-corrected chi connectivity index (χ4v) is 1.95. The summed E-state index contributed by atoms with van der Waals surface area (Å²) in [4.78, 5) is 26.0. The average molecular weight is 298 g/mol. The number of hydrogen-bond acceptors (Lipinski definition) is 5. The van der Waals surface area contributed by atoms with E-state index >= 15 is 0 Å². The van der Waals surface area contributed by atoms with Crippen molar-refractivity contribution in [2.24, 2.45) is 5.16 Å².